The second-order valence-electron chi connectivity index (χ2n) is 9.87. The molecule has 1 aliphatic heterocycles. The van der Waals surface area contributed by atoms with E-state index in [9.17, 15) is 8.42 Å². The molecule has 0 bridgehead atoms. The van der Waals surface area contributed by atoms with Crippen molar-refractivity contribution in [3.05, 3.63) is 66.3 Å². The summed E-state index contributed by atoms with van der Waals surface area (Å²) >= 11 is 0. The van der Waals surface area contributed by atoms with Gasteiger partial charge in [0.15, 0.2) is 8.32 Å². The topological polar surface area (TPSA) is 46.6 Å². The molecule has 1 heterocycles. The fourth-order valence-electron chi connectivity index (χ4n) is 3.27. The highest BCUT2D eigenvalue weighted by Crippen LogP contribution is 2.36. The Labute approximate surface area is 190 Å². The maximum absolute atomic E-state index is 13.3. The quantitative estimate of drug-likeness (QED) is 0.236. The Kier molecular flexibility index (Phi) is 8.67. The summed E-state index contributed by atoms with van der Waals surface area (Å²) in [6.45, 7) is 17.8. The van der Waals surface area contributed by atoms with Crippen LogP contribution < -0.4 is 0 Å². The zero-order valence-corrected chi connectivity index (χ0v) is 21.8. The minimum absolute atomic E-state index is 0.132. The SMILES string of the molecule is C=CCCCC1C=C(/C=C/CO[Si](C)(C)C(C)(C)C)CN1S(=O)(=O)c1ccc(C)cc1. The molecule has 0 N–H and O–H groups in total. The molecule has 31 heavy (non-hydrogen) atoms. The molecule has 0 aliphatic carbocycles. The molecule has 1 atom stereocenters. The van der Waals surface area contributed by atoms with E-state index < -0.39 is 18.3 Å². The summed E-state index contributed by atoms with van der Waals surface area (Å²) in [4.78, 5) is 0.353. The first kappa shape index (κ1) is 25.8. The van der Waals surface area contributed by atoms with Crippen molar-refractivity contribution in [3.63, 3.8) is 0 Å². The molecule has 4 nitrogen and oxygen atoms in total. The Morgan fingerprint density at radius 3 is 2.45 bits per heavy atom. The van der Waals surface area contributed by atoms with Crippen LogP contribution in [-0.2, 0) is 14.4 Å². The fraction of sp³-hybridized carbons (Fsp3) is 0.520. The Balaban J connectivity index is 2.14. The number of hydrogen-bond acceptors (Lipinski definition) is 3. The smallest absolute Gasteiger partial charge is 0.243 e. The molecule has 0 spiro atoms. The number of rotatable bonds is 10. The molecule has 0 amide bonds. The van der Waals surface area contributed by atoms with Gasteiger partial charge in [0.2, 0.25) is 10.0 Å². The largest absolute Gasteiger partial charge is 0.413 e. The Morgan fingerprint density at radius 2 is 1.87 bits per heavy atom. The molecular formula is C25H39NO3SSi. The van der Waals surface area contributed by atoms with Crippen LogP contribution in [0.2, 0.25) is 18.1 Å². The number of sulfonamides is 1. The van der Waals surface area contributed by atoms with Crippen molar-refractivity contribution in [1.82, 2.24) is 4.31 Å². The Bertz CT molecular complexity index is 909. The van der Waals surface area contributed by atoms with Gasteiger partial charge in [-0.3, -0.25) is 0 Å². The van der Waals surface area contributed by atoms with E-state index in [4.69, 9.17) is 4.43 Å². The summed E-state index contributed by atoms with van der Waals surface area (Å²) in [5.41, 5.74) is 2.07. The molecule has 1 aromatic carbocycles. The van der Waals surface area contributed by atoms with Gasteiger partial charge in [-0.25, -0.2) is 8.42 Å². The van der Waals surface area contributed by atoms with Gasteiger partial charge in [0.05, 0.1) is 11.5 Å². The van der Waals surface area contributed by atoms with E-state index in [1.807, 2.05) is 37.3 Å². The molecule has 0 saturated carbocycles. The number of unbranched alkanes of at least 4 members (excludes halogenated alkanes) is 1. The average molecular weight is 462 g/mol. The average Bonchev–Trinajstić information content (AvgIpc) is 3.09. The Hall–Kier alpha value is -1.47. The van der Waals surface area contributed by atoms with Crippen molar-refractivity contribution in [3.8, 4) is 0 Å². The van der Waals surface area contributed by atoms with Crippen LogP contribution in [0, 0.1) is 6.92 Å². The number of benzene rings is 1. The number of aryl methyl sites for hydroxylation is 1. The molecule has 1 unspecified atom stereocenters. The van der Waals surface area contributed by atoms with Crippen LogP contribution in [0.4, 0.5) is 0 Å². The molecule has 172 valence electrons. The van der Waals surface area contributed by atoms with E-state index >= 15 is 0 Å². The van der Waals surface area contributed by atoms with Crippen LogP contribution in [0.1, 0.15) is 45.6 Å². The molecule has 0 fully saturated rings. The van der Waals surface area contributed by atoms with Gasteiger partial charge in [-0.05, 0) is 62.0 Å². The van der Waals surface area contributed by atoms with Gasteiger partial charge < -0.3 is 4.43 Å². The van der Waals surface area contributed by atoms with Crippen LogP contribution in [-0.4, -0.2) is 40.2 Å². The van der Waals surface area contributed by atoms with Crippen LogP contribution in [0.3, 0.4) is 0 Å². The number of nitrogens with zero attached hydrogens (tertiary/aromatic N) is 1. The third-order valence-electron chi connectivity index (χ3n) is 6.33. The van der Waals surface area contributed by atoms with Crippen LogP contribution >= 0.6 is 0 Å². The van der Waals surface area contributed by atoms with E-state index in [0.717, 1.165) is 30.4 Å². The first-order valence-electron chi connectivity index (χ1n) is 11.1. The van der Waals surface area contributed by atoms with Crippen molar-refractivity contribution in [1.29, 1.82) is 0 Å². The number of hydrogen-bond donors (Lipinski definition) is 0. The maximum Gasteiger partial charge on any atom is 0.243 e. The second-order valence-corrected chi connectivity index (χ2v) is 16.6. The highest BCUT2D eigenvalue weighted by Gasteiger charge is 2.37. The lowest BCUT2D eigenvalue weighted by Crippen LogP contribution is -2.40. The lowest BCUT2D eigenvalue weighted by Gasteiger charge is -2.35. The molecule has 0 aromatic heterocycles. The zero-order valence-electron chi connectivity index (χ0n) is 20.0. The summed E-state index contributed by atoms with van der Waals surface area (Å²) < 4.78 is 34.5. The predicted octanol–water partition coefficient (Wildman–Crippen LogP) is 6.23. The van der Waals surface area contributed by atoms with Gasteiger partial charge in [-0.2, -0.15) is 4.31 Å². The fourth-order valence-corrected chi connectivity index (χ4v) is 5.81. The van der Waals surface area contributed by atoms with Gasteiger partial charge in [-0.1, -0.05) is 62.8 Å². The summed E-state index contributed by atoms with van der Waals surface area (Å²) in [6.07, 6.45) is 10.6. The van der Waals surface area contributed by atoms with Gasteiger partial charge in [0, 0.05) is 12.6 Å². The lowest BCUT2D eigenvalue weighted by atomic mass is 10.1. The lowest BCUT2D eigenvalue weighted by molar-refractivity contribution is 0.328. The van der Waals surface area contributed by atoms with Gasteiger partial charge in [0.1, 0.15) is 0 Å². The minimum atomic E-state index is -3.55. The van der Waals surface area contributed by atoms with Crippen LogP contribution in [0.25, 0.3) is 0 Å². The molecule has 1 aromatic rings. The highest BCUT2D eigenvalue weighted by molar-refractivity contribution is 7.89. The predicted molar refractivity (Wildman–Crippen MR) is 133 cm³/mol. The number of allylic oxidation sites excluding steroid dienone is 1. The zero-order chi connectivity index (χ0) is 23.3. The first-order chi connectivity index (χ1) is 14.4. The van der Waals surface area contributed by atoms with Crippen LogP contribution in [0.15, 0.2) is 65.6 Å². The molecule has 1 aliphatic rings. The second kappa shape index (κ2) is 10.4. The van der Waals surface area contributed by atoms with E-state index in [0.29, 0.717) is 18.0 Å². The minimum Gasteiger partial charge on any atom is -0.413 e. The summed E-state index contributed by atoms with van der Waals surface area (Å²) in [6, 6.07) is 6.97. The summed E-state index contributed by atoms with van der Waals surface area (Å²) in [5.74, 6) is 0. The van der Waals surface area contributed by atoms with Crippen molar-refractivity contribution >= 4 is 18.3 Å². The molecule has 2 rings (SSSR count). The molecular weight excluding hydrogens is 422 g/mol. The van der Waals surface area contributed by atoms with E-state index in [1.54, 1.807) is 16.4 Å². The third kappa shape index (κ3) is 6.75. The van der Waals surface area contributed by atoms with E-state index in [2.05, 4.69) is 46.5 Å². The van der Waals surface area contributed by atoms with Crippen molar-refractivity contribution < 1.29 is 12.8 Å². The monoisotopic (exact) mass is 461 g/mol. The van der Waals surface area contributed by atoms with E-state index in [-0.39, 0.29) is 11.1 Å². The summed E-state index contributed by atoms with van der Waals surface area (Å²) in [5, 5.41) is 0.169. The first-order valence-corrected chi connectivity index (χ1v) is 15.4. The molecule has 6 heteroatoms. The van der Waals surface area contributed by atoms with Gasteiger partial charge in [0.25, 0.3) is 0 Å². The summed E-state index contributed by atoms with van der Waals surface area (Å²) in [7, 11) is -5.35. The van der Waals surface area contributed by atoms with Crippen LogP contribution in [0.5, 0.6) is 0 Å². The molecule has 0 saturated heterocycles. The standard InChI is InChI=1S/C25H39NO3SSi/c1-8-9-10-13-23-19-22(12-11-18-29-31(6,7)25(3,4)5)20-26(23)30(27,28)24-16-14-21(2)15-17-24/h8,11-12,14-17,19,23H,1,9-10,13,18,20H2,2-7H3/b12-11+. The van der Waals surface area contributed by atoms with Crippen molar-refractivity contribution in [2.45, 2.75) is 76.0 Å². The Morgan fingerprint density at radius 1 is 1.23 bits per heavy atom. The highest BCUT2D eigenvalue weighted by atomic mass is 32.2. The van der Waals surface area contributed by atoms with Gasteiger partial charge in [-0.15, -0.1) is 6.58 Å². The maximum atomic E-state index is 13.3. The van der Waals surface area contributed by atoms with Gasteiger partial charge >= 0.3 is 0 Å². The normalized spacial score (nSPS) is 18.5. The third-order valence-corrected chi connectivity index (χ3v) is 12.7. The van der Waals surface area contributed by atoms with Crippen molar-refractivity contribution in [2.24, 2.45) is 0 Å². The molecule has 0 radical (unpaired) electrons. The van der Waals surface area contributed by atoms with Crippen molar-refractivity contribution in [2.75, 3.05) is 13.2 Å². The van der Waals surface area contributed by atoms with E-state index in [1.165, 1.54) is 0 Å².